The van der Waals surface area contributed by atoms with Crippen LogP contribution in [-0.2, 0) is 4.74 Å². The lowest BCUT2D eigenvalue weighted by atomic mass is 10.2. The van der Waals surface area contributed by atoms with E-state index in [0.29, 0.717) is 25.7 Å². The van der Waals surface area contributed by atoms with Gasteiger partial charge < -0.3 is 20.1 Å². The van der Waals surface area contributed by atoms with Crippen LogP contribution < -0.4 is 0 Å². The second kappa shape index (κ2) is 14.4. The Morgan fingerprint density at radius 3 is 1.54 bits per heavy atom. The molecule has 0 aliphatic rings. The Morgan fingerprint density at radius 1 is 0.923 bits per heavy atom. The van der Waals surface area contributed by atoms with Crippen LogP contribution in [0.3, 0.4) is 0 Å². The molecule has 0 atom stereocenters. The lowest BCUT2D eigenvalue weighted by Gasteiger charge is -1.95. The Labute approximate surface area is 80.2 Å². The fourth-order valence-corrected chi connectivity index (χ4v) is 0.489. The van der Waals surface area contributed by atoms with Gasteiger partial charge in [-0.3, -0.25) is 0 Å². The molecule has 4 nitrogen and oxygen atoms in total. The van der Waals surface area contributed by atoms with E-state index in [-0.39, 0.29) is 13.2 Å². The fraction of sp³-hybridized carbons (Fsp3) is 1.00. The van der Waals surface area contributed by atoms with E-state index in [4.69, 9.17) is 15.3 Å². The van der Waals surface area contributed by atoms with Gasteiger partial charge in [0.05, 0.1) is 26.4 Å². The minimum atomic E-state index is 0.0278. The van der Waals surface area contributed by atoms with Crippen molar-refractivity contribution in [3.8, 4) is 0 Å². The molecule has 82 valence electrons. The van der Waals surface area contributed by atoms with E-state index in [1.807, 2.05) is 0 Å². The third-order valence-corrected chi connectivity index (χ3v) is 1.18. The van der Waals surface area contributed by atoms with Gasteiger partial charge in [0.1, 0.15) is 0 Å². The van der Waals surface area contributed by atoms with Crippen LogP contribution in [0, 0.1) is 5.92 Å². The van der Waals surface area contributed by atoms with Crippen LogP contribution in [0.15, 0.2) is 0 Å². The van der Waals surface area contributed by atoms with Crippen LogP contribution in [0.1, 0.15) is 20.3 Å². The summed E-state index contributed by atoms with van der Waals surface area (Å²) in [5.74, 6) is 0.648. The highest BCUT2D eigenvalue weighted by Gasteiger charge is 1.86. The van der Waals surface area contributed by atoms with Gasteiger partial charge in [-0.1, -0.05) is 13.8 Å². The summed E-state index contributed by atoms with van der Waals surface area (Å²) in [7, 11) is 0. The lowest BCUT2D eigenvalue weighted by molar-refractivity contribution is 0.0650. The first-order valence-corrected chi connectivity index (χ1v) is 4.59. The fourth-order valence-electron chi connectivity index (χ4n) is 0.489. The maximum Gasteiger partial charge on any atom is 0.0698 e. The maximum absolute atomic E-state index is 8.24. The van der Waals surface area contributed by atoms with E-state index >= 15 is 0 Å². The SMILES string of the molecule is CC(C)CCO.OCCOCCO. The van der Waals surface area contributed by atoms with Crippen LogP contribution in [0.25, 0.3) is 0 Å². The Hall–Kier alpha value is -0.160. The molecule has 3 N–H and O–H groups in total. The molecule has 0 rings (SSSR count). The van der Waals surface area contributed by atoms with Crippen LogP contribution in [0.4, 0.5) is 0 Å². The Bertz CT molecular complexity index is 72.0. The molecule has 0 amide bonds. The number of hydrogen-bond acceptors (Lipinski definition) is 4. The largest absolute Gasteiger partial charge is 0.396 e. The molecule has 0 heterocycles. The van der Waals surface area contributed by atoms with E-state index in [0.717, 1.165) is 6.42 Å². The molecule has 0 aromatic carbocycles. The molecule has 0 unspecified atom stereocenters. The maximum atomic E-state index is 8.24. The molecule has 0 aliphatic carbocycles. The number of hydrogen-bond donors (Lipinski definition) is 3. The summed E-state index contributed by atoms with van der Waals surface area (Å²) in [6.45, 7) is 5.21. The minimum Gasteiger partial charge on any atom is -0.396 e. The standard InChI is InChI=1S/C5H12O.C4H10O3/c1-5(2)3-4-6;5-1-3-7-4-2-6/h5-6H,3-4H2,1-2H3;5-6H,1-4H2. The zero-order valence-corrected chi connectivity index (χ0v) is 8.57. The highest BCUT2D eigenvalue weighted by atomic mass is 16.5. The Balaban J connectivity index is 0. The first kappa shape index (κ1) is 15.3. The second-order valence-electron chi connectivity index (χ2n) is 2.97. The highest BCUT2D eigenvalue weighted by molar-refractivity contribution is 4.38. The molecule has 0 radical (unpaired) electrons. The van der Waals surface area contributed by atoms with Crippen molar-refractivity contribution in [3.63, 3.8) is 0 Å². The molecule has 0 spiro atoms. The van der Waals surface area contributed by atoms with Crippen molar-refractivity contribution < 1.29 is 20.1 Å². The van der Waals surface area contributed by atoms with Gasteiger partial charge in [-0.05, 0) is 12.3 Å². The Kier molecular flexibility index (Phi) is 16.9. The van der Waals surface area contributed by atoms with E-state index in [2.05, 4.69) is 18.6 Å². The summed E-state index contributed by atoms with van der Waals surface area (Å²) >= 11 is 0. The van der Waals surface area contributed by atoms with Gasteiger partial charge in [0.25, 0.3) is 0 Å². The van der Waals surface area contributed by atoms with Crippen molar-refractivity contribution in [2.75, 3.05) is 33.0 Å². The molecule has 0 saturated carbocycles. The van der Waals surface area contributed by atoms with E-state index < -0.39 is 0 Å². The van der Waals surface area contributed by atoms with Crippen molar-refractivity contribution in [2.24, 2.45) is 5.92 Å². The summed E-state index contributed by atoms with van der Waals surface area (Å²) < 4.78 is 4.63. The summed E-state index contributed by atoms with van der Waals surface area (Å²) in [6.07, 6.45) is 0.931. The average Bonchev–Trinajstić information content (AvgIpc) is 2.06. The first-order valence-electron chi connectivity index (χ1n) is 4.59. The second-order valence-corrected chi connectivity index (χ2v) is 2.97. The number of ether oxygens (including phenoxy) is 1. The van der Waals surface area contributed by atoms with Gasteiger partial charge >= 0.3 is 0 Å². The minimum absolute atomic E-state index is 0.0278. The molecule has 13 heavy (non-hydrogen) atoms. The monoisotopic (exact) mass is 194 g/mol. The number of aliphatic hydroxyl groups is 3. The molecular formula is C9H22O4. The zero-order chi connectivity index (χ0) is 10.5. The molecule has 4 heteroatoms. The lowest BCUT2D eigenvalue weighted by Crippen LogP contribution is -2.03. The summed E-state index contributed by atoms with van der Waals surface area (Å²) in [6, 6.07) is 0. The van der Waals surface area contributed by atoms with Crippen LogP contribution in [-0.4, -0.2) is 48.4 Å². The quantitative estimate of drug-likeness (QED) is 0.521. The van der Waals surface area contributed by atoms with Crippen molar-refractivity contribution in [1.29, 1.82) is 0 Å². The average molecular weight is 194 g/mol. The summed E-state index contributed by atoms with van der Waals surface area (Å²) in [5, 5.41) is 24.4. The van der Waals surface area contributed by atoms with Gasteiger partial charge in [0.2, 0.25) is 0 Å². The van der Waals surface area contributed by atoms with Gasteiger partial charge in [0, 0.05) is 6.61 Å². The third-order valence-electron chi connectivity index (χ3n) is 1.18. The molecule has 0 aliphatic heterocycles. The molecule has 0 aromatic heterocycles. The smallest absolute Gasteiger partial charge is 0.0698 e. The normalized spacial score (nSPS) is 9.69. The zero-order valence-electron chi connectivity index (χ0n) is 8.57. The van der Waals surface area contributed by atoms with Gasteiger partial charge in [-0.15, -0.1) is 0 Å². The number of rotatable bonds is 6. The molecular weight excluding hydrogens is 172 g/mol. The van der Waals surface area contributed by atoms with Crippen LogP contribution in [0.5, 0.6) is 0 Å². The molecule has 0 aromatic rings. The van der Waals surface area contributed by atoms with Gasteiger partial charge in [0.15, 0.2) is 0 Å². The van der Waals surface area contributed by atoms with E-state index in [9.17, 15) is 0 Å². The van der Waals surface area contributed by atoms with Crippen molar-refractivity contribution in [2.45, 2.75) is 20.3 Å². The van der Waals surface area contributed by atoms with Crippen molar-refractivity contribution >= 4 is 0 Å². The number of aliphatic hydroxyl groups excluding tert-OH is 3. The summed E-state index contributed by atoms with van der Waals surface area (Å²) in [4.78, 5) is 0. The van der Waals surface area contributed by atoms with Crippen LogP contribution in [0.2, 0.25) is 0 Å². The first-order chi connectivity index (χ1) is 6.18. The molecule has 0 fully saturated rings. The summed E-state index contributed by atoms with van der Waals surface area (Å²) in [5.41, 5.74) is 0. The molecule has 0 bridgehead atoms. The van der Waals surface area contributed by atoms with Gasteiger partial charge in [-0.2, -0.15) is 0 Å². The van der Waals surface area contributed by atoms with Crippen molar-refractivity contribution in [1.82, 2.24) is 0 Å². The van der Waals surface area contributed by atoms with E-state index in [1.165, 1.54) is 0 Å². The third kappa shape index (κ3) is 24.5. The molecule has 0 saturated heterocycles. The Morgan fingerprint density at radius 2 is 1.38 bits per heavy atom. The highest BCUT2D eigenvalue weighted by Crippen LogP contribution is 1.94. The van der Waals surface area contributed by atoms with Crippen molar-refractivity contribution in [3.05, 3.63) is 0 Å². The van der Waals surface area contributed by atoms with Gasteiger partial charge in [-0.25, -0.2) is 0 Å². The topological polar surface area (TPSA) is 69.9 Å². The predicted octanol–water partition coefficient (Wildman–Crippen LogP) is 0.0124. The predicted molar refractivity (Wildman–Crippen MR) is 51.5 cm³/mol. The van der Waals surface area contributed by atoms with E-state index in [1.54, 1.807) is 0 Å². The van der Waals surface area contributed by atoms with Crippen LogP contribution >= 0.6 is 0 Å².